The Morgan fingerprint density at radius 2 is 1.86 bits per heavy atom. The number of pyridine rings is 1. The van der Waals surface area contributed by atoms with Gasteiger partial charge in [-0.05, 0) is 49.8 Å². The number of β-amino-alcohol motifs (C(OH)–C–C–N with tert-alkyl or cyclic N) is 1. The summed E-state index contributed by atoms with van der Waals surface area (Å²) in [5.74, 6) is 0.962. The summed E-state index contributed by atoms with van der Waals surface area (Å²) in [6.07, 6.45) is 6.73. The van der Waals surface area contributed by atoms with Crippen molar-refractivity contribution in [2.45, 2.75) is 44.2 Å². The van der Waals surface area contributed by atoms with E-state index in [4.69, 9.17) is 0 Å². The zero-order chi connectivity index (χ0) is 19.1. The zero-order valence-electron chi connectivity index (χ0n) is 16.3. The smallest absolute Gasteiger partial charge is 0.225 e. The number of fused-ring (bicyclic) bond motifs is 1. The number of carbonyl (C=O) groups excluding carboxylic acids is 1. The van der Waals surface area contributed by atoms with Gasteiger partial charge < -0.3 is 10.0 Å². The lowest BCUT2D eigenvalue weighted by atomic mass is 9.94. The highest BCUT2D eigenvalue weighted by Crippen LogP contribution is 2.33. The van der Waals surface area contributed by atoms with Gasteiger partial charge in [0.1, 0.15) is 0 Å². The minimum absolute atomic E-state index is 0.261. The van der Waals surface area contributed by atoms with Crippen LogP contribution < -0.4 is 0 Å². The highest BCUT2D eigenvalue weighted by atomic mass is 16.3. The Morgan fingerprint density at radius 3 is 2.64 bits per heavy atom. The predicted octanol–water partition coefficient (Wildman–Crippen LogP) is 2.47. The van der Waals surface area contributed by atoms with Gasteiger partial charge in [0.15, 0.2) is 0 Å². The molecular formula is C23H29N3O2. The van der Waals surface area contributed by atoms with E-state index in [9.17, 15) is 9.90 Å². The van der Waals surface area contributed by atoms with Crippen molar-refractivity contribution >= 4 is 16.8 Å². The first-order valence-corrected chi connectivity index (χ1v) is 10.7. The van der Waals surface area contributed by atoms with Crippen molar-refractivity contribution in [1.29, 1.82) is 0 Å². The fourth-order valence-corrected chi connectivity index (χ4v) is 5.04. The van der Waals surface area contributed by atoms with Crippen molar-refractivity contribution in [2.75, 3.05) is 26.2 Å². The molecule has 1 aromatic heterocycles. The number of aromatic nitrogens is 1. The number of aliphatic hydroxyl groups excluding tert-OH is 1. The van der Waals surface area contributed by atoms with Gasteiger partial charge in [0.25, 0.3) is 0 Å². The van der Waals surface area contributed by atoms with E-state index in [-0.39, 0.29) is 12.0 Å². The number of rotatable bonds is 4. The predicted molar refractivity (Wildman–Crippen MR) is 109 cm³/mol. The summed E-state index contributed by atoms with van der Waals surface area (Å²) in [5, 5.41) is 11.9. The molecule has 28 heavy (non-hydrogen) atoms. The van der Waals surface area contributed by atoms with E-state index >= 15 is 0 Å². The van der Waals surface area contributed by atoms with Gasteiger partial charge >= 0.3 is 0 Å². The molecule has 3 heterocycles. The molecule has 3 aliphatic rings. The Kier molecular flexibility index (Phi) is 4.81. The molecule has 1 amide bonds. The van der Waals surface area contributed by atoms with Crippen LogP contribution in [0.25, 0.3) is 10.9 Å². The first-order chi connectivity index (χ1) is 13.7. The van der Waals surface area contributed by atoms with E-state index in [2.05, 4.69) is 33.0 Å². The van der Waals surface area contributed by atoms with E-state index < -0.39 is 0 Å². The van der Waals surface area contributed by atoms with E-state index in [0.29, 0.717) is 17.9 Å². The average Bonchev–Trinajstić information content (AvgIpc) is 3.52. The standard InChI is InChI=1S/C23H29N3O2/c27-22-15-26(19-8-11-25(12-9-19)23(28)16-5-6-16)14-18(22)13-17-7-10-24-21-4-2-1-3-20(17)21/h1-4,7,10,16,18-19,22,27H,5-6,8-9,11-15H2/t18-,22+/m1/s1. The number of carbonyl (C=O) groups is 1. The van der Waals surface area contributed by atoms with Crippen LogP contribution in [0, 0.1) is 11.8 Å². The number of hydrogen-bond donors (Lipinski definition) is 1. The lowest BCUT2D eigenvalue weighted by Gasteiger charge is -2.37. The number of hydrogen-bond acceptors (Lipinski definition) is 4. The van der Waals surface area contributed by atoms with Crippen LogP contribution in [-0.4, -0.2) is 64.1 Å². The molecule has 0 radical (unpaired) electrons. The lowest BCUT2D eigenvalue weighted by molar-refractivity contribution is -0.134. The molecule has 1 aromatic carbocycles. The summed E-state index contributed by atoms with van der Waals surface area (Å²) < 4.78 is 0. The maximum Gasteiger partial charge on any atom is 0.225 e. The van der Waals surface area contributed by atoms with Crippen LogP contribution in [0.4, 0.5) is 0 Å². The molecule has 2 aliphatic heterocycles. The second-order valence-electron chi connectivity index (χ2n) is 8.80. The second-order valence-corrected chi connectivity index (χ2v) is 8.80. The van der Waals surface area contributed by atoms with Gasteiger partial charge in [-0.3, -0.25) is 14.7 Å². The highest BCUT2D eigenvalue weighted by molar-refractivity contribution is 5.82. The Labute approximate surface area is 166 Å². The summed E-state index contributed by atoms with van der Waals surface area (Å²) in [6.45, 7) is 3.46. The Morgan fingerprint density at radius 1 is 1.07 bits per heavy atom. The highest BCUT2D eigenvalue weighted by Gasteiger charge is 2.39. The molecule has 148 valence electrons. The van der Waals surface area contributed by atoms with E-state index in [1.54, 1.807) is 0 Å². The third-order valence-electron chi connectivity index (χ3n) is 6.88. The number of para-hydroxylation sites is 1. The van der Waals surface area contributed by atoms with Crippen molar-refractivity contribution in [3.8, 4) is 0 Å². The number of aliphatic hydroxyl groups is 1. The molecule has 2 saturated heterocycles. The molecule has 1 saturated carbocycles. The number of piperidine rings is 1. The lowest BCUT2D eigenvalue weighted by Crippen LogP contribution is -2.46. The quantitative estimate of drug-likeness (QED) is 0.887. The van der Waals surface area contributed by atoms with Crippen molar-refractivity contribution in [1.82, 2.24) is 14.8 Å². The van der Waals surface area contributed by atoms with Crippen LogP contribution in [0.3, 0.4) is 0 Å². The third-order valence-corrected chi connectivity index (χ3v) is 6.88. The Balaban J connectivity index is 1.21. The van der Waals surface area contributed by atoms with Gasteiger partial charge in [-0.15, -0.1) is 0 Å². The Hall–Kier alpha value is -1.98. The summed E-state index contributed by atoms with van der Waals surface area (Å²) in [5.41, 5.74) is 2.30. The molecule has 0 bridgehead atoms. The third kappa shape index (κ3) is 3.53. The minimum Gasteiger partial charge on any atom is -0.391 e. The van der Waals surface area contributed by atoms with Crippen LogP contribution in [-0.2, 0) is 11.2 Å². The number of benzene rings is 1. The second kappa shape index (κ2) is 7.45. The van der Waals surface area contributed by atoms with Crippen LogP contribution in [0.1, 0.15) is 31.2 Å². The van der Waals surface area contributed by atoms with Crippen molar-refractivity contribution in [3.63, 3.8) is 0 Å². The molecule has 1 N–H and O–H groups in total. The van der Waals surface area contributed by atoms with E-state index in [1.807, 2.05) is 18.3 Å². The fraction of sp³-hybridized carbons (Fsp3) is 0.565. The largest absolute Gasteiger partial charge is 0.391 e. The van der Waals surface area contributed by atoms with Crippen LogP contribution in [0.15, 0.2) is 36.5 Å². The normalized spacial score (nSPS) is 26.8. The summed E-state index contributed by atoms with van der Waals surface area (Å²) in [6, 6.07) is 10.8. The van der Waals surface area contributed by atoms with Gasteiger partial charge in [-0.25, -0.2) is 0 Å². The minimum atomic E-state index is -0.280. The molecule has 0 unspecified atom stereocenters. The summed E-state index contributed by atoms with van der Waals surface area (Å²) in [7, 11) is 0. The molecule has 5 heteroatoms. The van der Waals surface area contributed by atoms with Crippen molar-refractivity contribution < 1.29 is 9.90 Å². The summed E-state index contributed by atoms with van der Waals surface area (Å²) >= 11 is 0. The maximum atomic E-state index is 12.3. The van der Waals surface area contributed by atoms with Gasteiger partial charge in [0.2, 0.25) is 5.91 Å². The molecule has 2 atom stereocenters. The number of nitrogens with zero attached hydrogens (tertiary/aromatic N) is 3. The van der Waals surface area contributed by atoms with Gasteiger partial charge in [-0.2, -0.15) is 0 Å². The topological polar surface area (TPSA) is 56.7 Å². The van der Waals surface area contributed by atoms with E-state index in [1.165, 1.54) is 10.9 Å². The first kappa shape index (κ1) is 18.1. The van der Waals surface area contributed by atoms with Gasteiger partial charge in [0.05, 0.1) is 11.6 Å². The molecule has 2 aromatic rings. The molecule has 5 nitrogen and oxygen atoms in total. The number of amides is 1. The molecule has 5 rings (SSSR count). The van der Waals surface area contributed by atoms with E-state index in [0.717, 1.165) is 63.8 Å². The fourth-order valence-electron chi connectivity index (χ4n) is 5.04. The van der Waals surface area contributed by atoms with Crippen molar-refractivity contribution in [3.05, 3.63) is 42.1 Å². The van der Waals surface area contributed by atoms with Crippen LogP contribution in [0.2, 0.25) is 0 Å². The molecule has 0 spiro atoms. The van der Waals surface area contributed by atoms with Gasteiger partial charge in [-0.1, -0.05) is 18.2 Å². The molecule has 1 aliphatic carbocycles. The monoisotopic (exact) mass is 379 g/mol. The zero-order valence-corrected chi connectivity index (χ0v) is 16.3. The summed E-state index contributed by atoms with van der Waals surface area (Å²) in [4.78, 5) is 21.3. The molecular weight excluding hydrogens is 350 g/mol. The van der Waals surface area contributed by atoms with Crippen molar-refractivity contribution in [2.24, 2.45) is 11.8 Å². The maximum absolute atomic E-state index is 12.3. The van der Waals surface area contributed by atoms with Crippen LogP contribution in [0.5, 0.6) is 0 Å². The van der Waals surface area contributed by atoms with Gasteiger partial charge in [0, 0.05) is 55.6 Å². The SMILES string of the molecule is O=C(C1CC1)N1CCC(N2C[C@@H](Cc3ccnc4ccccc34)[C@@H](O)C2)CC1. The average molecular weight is 380 g/mol. The van der Waals surface area contributed by atoms with Crippen LogP contribution >= 0.6 is 0 Å². The first-order valence-electron chi connectivity index (χ1n) is 10.7. The molecule has 3 fully saturated rings. The Bertz CT molecular complexity index is 853. The number of likely N-dealkylation sites (tertiary alicyclic amines) is 2.